The first kappa shape index (κ1) is 15.0. The first-order valence-corrected chi connectivity index (χ1v) is 7.36. The zero-order valence-electron chi connectivity index (χ0n) is 12.0. The minimum Gasteiger partial charge on any atom is -0.394 e. The number of benzene rings is 1. The fourth-order valence-corrected chi connectivity index (χ4v) is 2.83. The second kappa shape index (κ2) is 5.72. The van der Waals surface area contributed by atoms with Crippen LogP contribution in [0.3, 0.4) is 0 Å². The molecule has 0 aliphatic carbocycles. The molecule has 7 heteroatoms. The molecule has 0 radical (unpaired) electrons. The smallest absolute Gasteiger partial charge is 0.262 e. The highest BCUT2D eigenvalue weighted by molar-refractivity contribution is 6.31. The molecule has 6 nitrogen and oxygen atoms in total. The average Bonchev–Trinajstić information content (AvgIpc) is 2.89. The number of nitrogens with zero attached hydrogens (tertiary/aromatic N) is 2. The van der Waals surface area contributed by atoms with Gasteiger partial charge in [-0.15, -0.1) is 0 Å². The van der Waals surface area contributed by atoms with Gasteiger partial charge in [-0.05, 0) is 31.5 Å². The van der Waals surface area contributed by atoms with Gasteiger partial charge in [-0.3, -0.25) is 9.89 Å². The van der Waals surface area contributed by atoms with Crippen LogP contribution in [0.25, 0.3) is 21.8 Å². The van der Waals surface area contributed by atoms with Crippen LogP contribution in [0.15, 0.2) is 23.0 Å². The lowest BCUT2D eigenvalue weighted by Crippen LogP contribution is -2.24. The summed E-state index contributed by atoms with van der Waals surface area (Å²) < 4.78 is 1.59. The molecule has 0 aliphatic heterocycles. The predicted molar refractivity (Wildman–Crippen MR) is 85.3 cm³/mol. The second-order valence-corrected chi connectivity index (χ2v) is 5.75. The van der Waals surface area contributed by atoms with Gasteiger partial charge in [0.2, 0.25) is 0 Å². The van der Waals surface area contributed by atoms with E-state index in [1.165, 1.54) is 0 Å². The molecule has 0 spiro atoms. The molecule has 116 valence electrons. The lowest BCUT2D eigenvalue weighted by Gasteiger charge is -2.13. The summed E-state index contributed by atoms with van der Waals surface area (Å²) >= 11 is 6.07. The maximum Gasteiger partial charge on any atom is 0.262 e. The SMILES string of the molecule is Cc1[nH]nc2c1c(=O)n(CCC(O)CO)c1ccc(Cl)cc21. The molecule has 2 aromatic heterocycles. The number of pyridine rings is 1. The molecule has 3 rings (SSSR count). The fourth-order valence-electron chi connectivity index (χ4n) is 2.65. The second-order valence-electron chi connectivity index (χ2n) is 5.32. The molecule has 0 fully saturated rings. The zero-order valence-corrected chi connectivity index (χ0v) is 12.8. The van der Waals surface area contributed by atoms with Crippen LogP contribution in [0.2, 0.25) is 5.02 Å². The molecule has 0 bridgehead atoms. The van der Waals surface area contributed by atoms with E-state index in [1.54, 1.807) is 29.7 Å². The van der Waals surface area contributed by atoms with Gasteiger partial charge in [-0.25, -0.2) is 0 Å². The summed E-state index contributed by atoms with van der Waals surface area (Å²) in [5, 5.41) is 27.4. The maximum atomic E-state index is 12.7. The van der Waals surface area contributed by atoms with Crippen molar-refractivity contribution >= 4 is 33.4 Å². The van der Waals surface area contributed by atoms with E-state index in [0.29, 0.717) is 33.7 Å². The monoisotopic (exact) mass is 321 g/mol. The van der Waals surface area contributed by atoms with E-state index in [-0.39, 0.29) is 18.6 Å². The lowest BCUT2D eigenvalue weighted by atomic mass is 10.1. The Bertz CT molecular complexity index is 900. The van der Waals surface area contributed by atoms with Gasteiger partial charge >= 0.3 is 0 Å². The van der Waals surface area contributed by atoms with E-state index in [2.05, 4.69) is 10.2 Å². The Morgan fingerprint density at radius 1 is 1.45 bits per heavy atom. The van der Waals surface area contributed by atoms with Crippen LogP contribution in [0, 0.1) is 6.92 Å². The van der Waals surface area contributed by atoms with Gasteiger partial charge in [0.05, 0.1) is 23.6 Å². The summed E-state index contributed by atoms with van der Waals surface area (Å²) in [6, 6.07) is 5.26. The number of aromatic amines is 1. The molecule has 0 saturated heterocycles. The van der Waals surface area contributed by atoms with E-state index in [9.17, 15) is 9.90 Å². The Hall–Kier alpha value is -1.89. The van der Waals surface area contributed by atoms with E-state index in [1.807, 2.05) is 0 Å². The molecule has 0 amide bonds. The van der Waals surface area contributed by atoms with Crippen molar-refractivity contribution in [1.29, 1.82) is 0 Å². The van der Waals surface area contributed by atoms with E-state index >= 15 is 0 Å². The molecular formula is C15H16ClN3O3. The molecule has 3 N–H and O–H groups in total. The van der Waals surface area contributed by atoms with Crippen molar-refractivity contribution in [2.75, 3.05) is 6.61 Å². The predicted octanol–water partition coefficient (Wildman–Crippen LogP) is 1.58. The lowest BCUT2D eigenvalue weighted by molar-refractivity contribution is 0.0847. The average molecular weight is 322 g/mol. The number of halogens is 1. The first-order valence-electron chi connectivity index (χ1n) is 6.98. The summed E-state index contributed by atoms with van der Waals surface area (Å²) in [5.41, 5.74) is 1.83. The summed E-state index contributed by atoms with van der Waals surface area (Å²) in [4.78, 5) is 12.7. The Kier molecular flexibility index (Phi) is 3.90. The standard InChI is InChI=1S/C15H16ClN3O3/c1-8-13-14(18-17-8)11-6-9(16)2-3-12(11)19(15(13)22)5-4-10(21)7-20/h2-3,6,10,20-21H,4-5,7H2,1H3,(H,17,18). The van der Waals surface area contributed by atoms with Crippen LogP contribution in [-0.2, 0) is 6.54 Å². The summed E-state index contributed by atoms with van der Waals surface area (Å²) in [7, 11) is 0. The quantitative estimate of drug-likeness (QED) is 0.680. The highest BCUT2D eigenvalue weighted by atomic mass is 35.5. The number of fused-ring (bicyclic) bond motifs is 3. The molecular weight excluding hydrogens is 306 g/mol. The number of aliphatic hydroxyl groups excluding tert-OH is 2. The molecule has 0 saturated carbocycles. The van der Waals surface area contributed by atoms with Gasteiger partial charge in [-0.2, -0.15) is 5.10 Å². The number of nitrogens with one attached hydrogen (secondary N) is 1. The van der Waals surface area contributed by atoms with Gasteiger partial charge in [0.25, 0.3) is 5.56 Å². The maximum absolute atomic E-state index is 12.7. The van der Waals surface area contributed by atoms with Crippen LogP contribution in [0.5, 0.6) is 0 Å². The minimum absolute atomic E-state index is 0.166. The third kappa shape index (κ3) is 2.39. The van der Waals surface area contributed by atoms with Gasteiger partial charge in [-0.1, -0.05) is 11.6 Å². The third-order valence-electron chi connectivity index (χ3n) is 3.81. The van der Waals surface area contributed by atoms with Crippen molar-refractivity contribution in [2.45, 2.75) is 26.0 Å². The van der Waals surface area contributed by atoms with Gasteiger partial charge in [0.15, 0.2) is 0 Å². The molecule has 1 aromatic carbocycles. The number of rotatable bonds is 4. The largest absolute Gasteiger partial charge is 0.394 e. The highest BCUT2D eigenvalue weighted by Crippen LogP contribution is 2.25. The van der Waals surface area contributed by atoms with E-state index in [4.69, 9.17) is 16.7 Å². The number of aliphatic hydroxyl groups is 2. The van der Waals surface area contributed by atoms with Crippen molar-refractivity contribution in [3.63, 3.8) is 0 Å². The third-order valence-corrected chi connectivity index (χ3v) is 4.04. The summed E-state index contributed by atoms with van der Waals surface area (Å²) in [5.74, 6) is 0. The molecule has 0 aliphatic rings. The Morgan fingerprint density at radius 2 is 2.23 bits per heavy atom. The van der Waals surface area contributed by atoms with Crippen LogP contribution in [0.1, 0.15) is 12.1 Å². The first-order chi connectivity index (χ1) is 10.5. The van der Waals surface area contributed by atoms with Gasteiger partial charge < -0.3 is 14.8 Å². The van der Waals surface area contributed by atoms with Crippen molar-refractivity contribution in [3.8, 4) is 0 Å². The number of aromatic nitrogens is 3. The van der Waals surface area contributed by atoms with Crippen molar-refractivity contribution in [3.05, 3.63) is 39.3 Å². The topological polar surface area (TPSA) is 91.1 Å². The molecule has 1 unspecified atom stereocenters. The van der Waals surface area contributed by atoms with Crippen LogP contribution >= 0.6 is 11.6 Å². The van der Waals surface area contributed by atoms with Crippen LogP contribution < -0.4 is 5.56 Å². The van der Waals surface area contributed by atoms with Crippen molar-refractivity contribution in [1.82, 2.24) is 14.8 Å². The van der Waals surface area contributed by atoms with E-state index < -0.39 is 6.10 Å². The molecule has 2 heterocycles. The van der Waals surface area contributed by atoms with E-state index in [0.717, 1.165) is 5.39 Å². The number of hydrogen-bond acceptors (Lipinski definition) is 4. The number of H-pyrrole nitrogens is 1. The molecule has 1 atom stereocenters. The Balaban J connectivity index is 2.30. The van der Waals surface area contributed by atoms with Crippen LogP contribution in [-0.4, -0.2) is 37.7 Å². The van der Waals surface area contributed by atoms with Crippen molar-refractivity contribution in [2.24, 2.45) is 0 Å². The minimum atomic E-state index is -0.851. The number of aryl methyl sites for hydroxylation is 2. The summed E-state index contributed by atoms with van der Waals surface area (Å²) in [6.07, 6.45) is -0.563. The number of hydrogen-bond donors (Lipinski definition) is 3. The van der Waals surface area contributed by atoms with Crippen molar-refractivity contribution < 1.29 is 10.2 Å². The normalized spacial score (nSPS) is 13.1. The molecule has 3 aromatic rings. The van der Waals surface area contributed by atoms with Crippen LogP contribution in [0.4, 0.5) is 0 Å². The van der Waals surface area contributed by atoms with Gasteiger partial charge in [0, 0.05) is 22.6 Å². The zero-order chi connectivity index (χ0) is 15.9. The summed E-state index contributed by atoms with van der Waals surface area (Å²) in [6.45, 7) is 1.77. The van der Waals surface area contributed by atoms with Gasteiger partial charge in [0.1, 0.15) is 5.52 Å². The Labute approximate surface area is 130 Å². The highest BCUT2D eigenvalue weighted by Gasteiger charge is 2.16. The molecule has 22 heavy (non-hydrogen) atoms. The Morgan fingerprint density at radius 3 is 2.95 bits per heavy atom. The fraction of sp³-hybridized carbons (Fsp3) is 0.333.